The molecule has 7 nitrogen and oxygen atoms in total. The second kappa shape index (κ2) is 7.82. The van der Waals surface area contributed by atoms with Crippen molar-refractivity contribution in [1.82, 2.24) is 19.4 Å². The first-order chi connectivity index (χ1) is 14.7. The van der Waals surface area contributed by atoms with E-state index in [1.165, 1.54) is 5.56 Å². The lowest BCUT2D eigenvalue weighted by Crippen LogP contribution is -2.38. The second-order valence-corrected chi connectivity index (χ2v) is 7.58. The van der Waals surface area contributed by atoms with Gasteiger partial charge in [0.1, 0.15) is 5.82 Å². The Morgan fingerprint density at radius 3 is 2.73 bits per heavy atom. The number of ether oxygens (including phenoxy) is 2. The fourth-order valence-electron chi connectivity index (χ4n) is 4.19. The molecular weight excluding hydrogens is 380 g/mol. The van der Waals surface area contributed by atoms with Crippen molar-refractivity contribution in [1.29, 1.82) is 0 Å². The summed E-state index contributed by atoms with van der Waals surface area (Å²) in [6, 6.07) is 9.65. The number of imidazole rings is 1. The molecule has 0 saturated heterocycles. The van der Waals surface area contributed by atoms with E-state index in [9.17, 15) is 4.79 Å². The Labute approximate surface area is 175 Å². The lowest BCUT2D eigenvalue weighted by Gasteiger charge is -2.29. The molecule has 0 aliphatic carbocycles. The van der Waals surface area contributed by atoms with Crippen LogP contribution in [0.5, 0.6) is 11.5 Å². The molecular formula is C23H24N4O3. The van der Waals surface area contributed by atoms with Gasteiger partial charge in [0.05, 0.1) is 17.9 Å². The molecule has 0 spiro atoms. The van der Waals surface area contributed by atoms with Crippen molar-refractivity contribution in [3.05, 3.63) is 71.1 Å². The molecule has 154 valence electrons. The first-order valence-corrected chi connectivity index (χ1v) is 10.4. The van der Waals surface area contributed by atoms with Gasteiger partial charge in [0.2, 0.25) is 6.79 Å². The van der Waals surface area contributed by atoms with Crippen molar-refractivity contribution in [2.75, 3.05) is 13.3 Å². The Balaban J connectivity index is 1.33. The Hall–Kier alpha value is -3.35. The molecule has 5 rings (SSSR count). The highest BCUT2D eigenvalue weighted by Gasteiger charge is 2.26. The van der Waals surface area contributed by atoms with Gasteiger partial charge < -0.3 is 18.9 Å². The normalized spacial score (nSPS) is 14.6. The van der Waals surface area contributed by atoms with Crippen LogP contribution in [0.15, 0.2) is 42.7 Å². The molecule has 0 unspecified atom stereocenters. The van der Waals surface area contributed by atoms with Gasteiger partial charge in [-0.25, -0.2) is 4.98 Å². The lowest BCUT2D eigenvalue weighted by atomic mass is 10.1. The average molecular weight is 404 g/mol. The lowest BCUT2D eigenvalue weighted by molar-refractivity contribution is 0.0709. The molecule has 4 heterocycles. The third-order valence-corrected chi connectivity index (χ3v) is 5.79. The van der Waals surface area contributed by atoms with Gasteiger partial charge in [-0.2, -0.15) is 0 Å². The summed E-state index contributed by atoms with van der Waals surface area (Å²) in [4.78, 5) is 23.7. The van der Waals surface area contributed by atoms with Gasteiger partial charge in [-0.1, -0.05) is 13.0 Å². The van der Waals surface area contributed by atoms with E-state index in [2.05, 4.69) is 28.6 Å². The number of benzene rings is 1. The van der Waals surface area contributed by atoms with Gasteiger partial charge in [0.25, 0.3) is 5.91 Å². The predicted octanol–water partition coefficient (Wildman–Crippen LogP) is 3.01. The fourth-order valence-corrected chi connectivity index (χ4v) is 4.19. The number of carbonyl (C=O) groups is 1. The number of carbonyl (C=O) groups excluding carboxylic acids is 1. The monoisotopic (exact) mass is 404 g/mol. The number of fused-ring (bicyclic) bond motifs is 2. The van der Waals surface area contributed by atoms with Crippen LogP contribution in [0, 0.1) is 0 Å². The minimum absolute atomic E-state index is 0.0498. The summed E-state index contributed by atoms with van der Waals surface area (Å²) in [5, 5.41) is 0. The Morgan fingerprint density at radius 1 is 1.07 bits per heavy atom. The Bertz CT molecular complexity index is 1080. The van der Waals surface area contributed by atoms with Crippen molar-refractivity contribution < 1.29 is 14.3 Å². The van der Waals surface area contributed by atoms with Crippen molar-refractivity contribution >= 4 is 5.91 Å². The van der Waals surface area contributed by atoms with Crippen LogP contribution in [0.25, 0.3) is 0 Å². The summed E-state index contributed by atoms with van der Waals surface area (Å²) in [7, 11) is 0. The van der Waals surface area contributed by atoms with Crippen molar-refractivity contribution in [2.45, 2.75) is 39.3 Å². The van der Waals surface area contributed by atoms with E-state index in [0.29, 0.717) is 25.4 Å². The van der Waals surface area contributed by atoms with E-state index < -0.39 is 0 Å². The minimum atomic E-state index is 0.0498. The van der Waals surface area contributed by atoms with Crippen LogP contribution in [-0.4, -0.2) is 38.7 Å². The molecule has 30 heavy (non-hydrogen) atoms. The maximum Gasteiger partial charge on any atom is 0.254 e. The van der Waals surface area contributed by atoms with E-state index in [0.717, 1.165) is 54.5 Å². The molecule has 0 atom stereocenters. The third-order valence-electron chi connectivity index (χ3n) is 5.79. The average Bonchev–Trinajstić information content (AvgIpc) is 3.41. The molecule has 7 heteroatoms. The summed E-state index contributed by atoms with van der Waals surface area (Å²) in [5.74, 6) is 2.77. The number of aromatic nitrogens is 3. The number of rotatable bonds is 5. The van der Waals surface area contributed by atoms with Crippen molar-refractivity contribution in [3.63, 3.8) is 0 Å². The van der Waals surface area contributed by atoms with Crippen LogP contribution in [0.2, 0.25) is 0 Å². The molecule has 0 saturated carbocycles. The van der Waals surface area contributed by atoms with Gasteiger partial charge in [0.15, 0.2) is 11.5 Å². The van der Waals surface area contributed by atoms with E-state index in [-0.39, 0.29) is 5.91 Å². The second-order valence-electron chi connectivity index (χ2n) is 7.58. The van der Waals surface area contributed by atoms with Crippen LogP contribution in [0.1, 0.15) is 40.1 Å². The molecule has 0 radical (unpaired) electrons. The molecule has 1 aromatic carbocycles. The summed E-state index contributed by atoms with van der Waals surface area (Å²) in [6.45, 7) is 4.47. The van der Waals surface area contributed by atoms with Crippen LogP contribution in [0.3, 0.4) is 0 Å². The molecule has 2 aromatic heterocycles. The maximum atomic E-state index is 12.9. The summed E-state index contributed by atoms with van der Waals surface area (Å²) in [5.41, 5.74) is 4.13. The Morgan fingerprint density at radius 2 is 1.90 bits per heavy atom. The molecule has 1 amide bonds. The highest BCUT2D eigenvalue weighted by molar-refractivity contribution is 5.94. The van der Waals surface area contributed by atoms with Gasteiger partial charge in [-0.15, -0.1) is 0 Å². The zero-order chi connectivity index (χ0) is 20.5. The molecule has 2 aliphatic rings. The number of hydrogen-bond acceptors (Lipinski definition) is 5. The molecule has 0 fully saturated rings. The van der Waals surface area contributed by atoms with E-state index in [4.69, 9.17) is 14.5 Å². The zero-order valence-corrected chi connectivity index (χ0v) is 17.0. The van der Waals surface area contributed by atoms with E-state index in [1.54, 1.807) is 24.5 Å². The van der Waals surface area contributed by atoms with Gasteiger partial charge in [-0.05, 0) is 42.7 Å². The van der Waals surface area contributed by atoms with E-state index >= 15 is 0 Å². The minimum Gasteiger partial charge on any atom is -0.454 e. The fraction of sp³-hybridized carbons (Fsp3) is 0.348. The smallest absolute Gasteiger partial charge is 0.254 e. The number of aryl methyl sites for hydroxylation is 3. The first kappa shape index (κ1) is 18.7. The van der Waals surface area contributed by atoms with E-state index in [1.807, 2.05) is 11.0 Å². The van der Waals surface area contributed by atoms with Crippen LogP contribution >= 0.6 is 0 Å². The topological polar surface area (TPSA) is 69.5 Å². The van der Waals surface area contributed by atoms with Crippen LogP contribution in [0.4, 0.5) is 0 Å². The molecule has 0 N–H and O–H groups in total. The van der Waals surface area contributed by atoms with Crippen molar-refractivity contribution in [2.24, 2.45) is 0 Å². The first-order valence-electron chi connectivity index (χ1n) is 10.4. The number of nitrogens with zero attached hydrogens (tertiary/aromatic N) is 4. The van der Waals surface area contributed by atoms with Gasteiger partial charge in [-0.3, -0.25) is 9.78 Å². The van der Waals surface area contributed by atoms with Gasteiger partial charge >= 0.3 is 0 Å². The largest absolute Gasteiger partial charge is 0.454 e. The molecule has 2 aliphatic heterocycles. The zero-order valence-electron chi connectivity index (χ0n) is 17.0. The van der Waals surface area contributed by atoms with Gasteiger partial charge in [0, 0.05) is 37.5 Å². The Kier molecular flexibility index (Phi) is 4.86. The molecule has 0 bridgehead atoms. The maximum absolute atomic E-state index is 12.9. The summed E-state index contributed by atoms with van der Waals surface area (Å²) in [6.07, 6.45) is 5.91. The van der Waals surface area contributed by atoms with Crippen molar-refractivity contribution in [3.8, 4) is 11.5 Å². The van der Waals surface area contributed by atoms with Crippen LogP contribution < -0.4 is 9.47 Å². The summed E-state index contributed by atoms with van der Waals surface area (Å²) >= 11 is 0. The predicted molar refractivity (Wildman–Crippen MR) is 111 cm³/mol. The highest BCUT2D eigenvalue weighted by atomic mass is 16.7. The molecule has 3 aromatic rings. The SMILES string of the molecule is CCc1nc(CCc2ccc3c(c2)OCO3)n2c1CN(C(=O)c1ccncc1)CC2. The number of pyridine rings is 1. The summed E-state index contributed by atoms with van der Waals surface area (Å²) < 4.78 is 13.2. The van der Waals surface area contributed by atoms with Crippen LogP contribution in [-0.2, 0) is 32.4 Å². The number of amides is 1. The third kappa shape index (κ3) is 3.40. The standard InChI is InChI=1S/C23H24N4O3/c1-2-18-19-14-26(23(28)17-7-9-24-10-8-17)11-12-27(19)22(25-18)6-4-16-3-5-20-21(13-16)30-15-29-20/h3,5,7-10,13H,2,4,6,11-12,14-15H2,1H3. The quantitative estimate of drug-likeness (QED) is 0.654. The highest BCUT2D eigenvalue weighted by Crippen LogP contribution is 2.33. The number of hydrogen-bond donors (Lipinski definition) is 0.